The summed E-state index contributed by atoms with van der Waals surface area (Å²) < 4.78 is 55.1. The monoisotopic (exact) mass is 478 g/mol. The number of nitrogens with one attached hydrogen (secondary N) is 2. The summed E-state index contributed by atoms with van der Waals surface area (Å²) in [6.45, 7) is -1.48. The molecule has 1 aliphatic heterocycles. The van der Waals surface area contributed by atoms with Gasteiger partial charge in [-0.3, -0.25) is 9.59 Å². The van der Waals surface area contributed by atoms with Crippen LogP contribution >= 0.6 is 0 Å². The molecule has 0 aliphatic carbocycles. The van der Waals surface area contributed by atoms with Gasteiger partial charge in [0.25, 0.3) is 5.91 Å². The maximum absolute atomic E-state index is 13.3. The average molecular weight is 478 g/mol. The SMILES string of the molecule is NC(/C=C(\Nc1ccc(F)cc1)c1cccc(COCC(F)(F)F)c1)=NC(=O)[C@@H]1CNC(=O)C1. The van der Waals surface area contributed by atoms with Crippen LogP contribution in [0.15, 0.2) is 59.6 Å². The van der Waals surface area contributed by atoms with Crippen LogP contribution in [0.4, 0.5) is 23.2 Å². The number of alkyl halides is 3. The first-order valence-corrected chi connectivity index (χ1v) is 10.2. The van der Waals surface area contributed by atoms with Crippen LogP contribution in [0.25, 0.3) is 5.70 Å². The molecule has 3 rings (SSSR count). The number of nitrogens with zero attached hydrogens (tertiary/aromatic N) is 1. The fraction of sp³-hybridized carbons (Fsp3) is 0.261. The molecule has 1 aliphatic rings. The molecule has 2 aromatic rings. The molecule has 34 heavy (non-hydrogen) atoms. The minimum atomic E-state index is -4.44. The number of anilines is 1. The van der Waals surface area contributed by atoms with Gasteiger partial charge in [0.15, 0.2) is 0 Å². The fourth-order valence-electron chi connectivity index (χ4n) is 3.17. The van der Waals surface area contributed by atoms with E-state index in [9.17, 15) is 27.2 Å². The largest absolute Gasteiger partial charge is 0.411 e. The van der Waals surface area contributed by atoms with Crippen LogP contribution in [0.3, 0.4) is 0 Å². The lowest BCUT2D eigenvalue weighted by Crippen LogP contribution is -2.20. The van der Waals surface area contributed by atoms with Crippen LogP contribution in [-0.2, 0) is 20.9 Å². The summed E-state index contributed by atoms with van der Waals surface area (Å²) >= 11 is 0. The van der Waals surface area contributed by atoms with Gasteiger partial charge in [0, 0.05) is 30.4 Å². The zero-order chi connectivity index (χ0) is 24.7. The number of carbonyl (C=O) groups is 2. The normalized spacial score (nSPS) is 16.9. The second-order valence-corrected chi connectivity index (χ2v) is 7.58. The molecule has 0 spiro atoms. The van der Waals surface area contributed by atoms with E-state index in [1.165, 1.54) is 30.3 Å². The molecule has 11 heteroatoms. The molecule has 0 bridgehead atoms. The van der Waals surface area contributed by atoms with Gasteiger partial charge in [-0.1, -0.05) is 18.2 Å². The maximum atomic E-state index is 13.3. The number of aliphatic imine (C=N–C) groups is 1. The molecule has 1 fully saturated rings. The molecule has 4 N–H and O–H groups in total. The van der Waals surface area contributed by atoms with Crippen LogP contribution in [0.1, 0.15) is 17.5 Å². The molecule has 1 heterocycles. The Bertz CT molecular complexity index is 1100. The Labute approximate surface area is 192 Å². The van der Waals surface area contributed by atoms with Gasteiger partial charge in [0.1, 0.15) is 18.3 Å². The van der Waals surface area contributed by atoms with Crippen LogP contribution < -0.4 is 16.4 Å². The number of hydrogen-bond acceptors (Lipinski definition) is 4. The molecule has 2 aromatic carbocycles. The topological polar surface area (TPSA) is 106 Å². The van der Waals surface area contributed by atoms with Crippen molar-refractivity contribution in [3.05, 3.63) is 71.6 Å². The molecule has 180 valence electrons. The third-order valence-corrected chi connectivity index (χ3v) is 4.75. The number of nitrogens with two attached hydrogens (primary N) is 1. The summed E-state index contributed by atoms with van der Waals surface area (Å²) in [6.07, 6.45) is -3.04. The highest BCUT2D eigenvalue weighted by Gasteiger charge is 2.28. The van der Waals surface area contributed by atoms with Gasteiger partial charge < -0.3 is 21.1 Å². The summed E-state index contributed by atoms with van der Waals surface area (Å²) in [4.78, 5) is 27.5. The van der Waals surface area contributed by atoms with Crippen LogP contribution in [0.5, 0.6) is 0 Å². The molecule has 2 amide bonds. The van der Waals surface area contributed by atoms with Crippen LogP contribution in [-0.4, -0.2) is 37.0 Å². The quantitative estimate of drug-likeness (QED) is 0.307. The van der Waals surface area contributed by atoms with E-state index in [1.54, 1.807) is 24.3 Å². The van der Waals surface area contributed by atoms with Gasteiger partial charge in [-0.15, -0.1) is 0 Å². The Kier molecular flexibility index (Phi) is 8.00. The number of rotatable bonds is 8. The van der Waals surface area contributed by atoms with E-state index in [0.29, 0.717) is 22.5 Å². The van der Waals surface area contributed by atoms with Crippen LogP contribution in [0.2, 0.25) is 0 Å². The molecule has 0 aromatic heterocycles. The van der Waals surface area contributed by atoms with Gasteiger partial charge in [0.05, 0.1) is 12.5 Å². The van der Waals surface area contributed by atoms with E-state index in [1.807, 2.05) is 0 Å². The Balaban J connectivity index is 1.85. The lowest BCUT2D eigenvalue weighted by atomic mass is 10.1. The highest BCUT2D eigenvalue weighted by molar-refractivity contribution is 6.06. The van der Waals surface area contributed by atoms with E-state index < -0.39 is 30.4 Å². The molecular weight excluding hydrogens is 456 g/mol. The molecule has 0 radical (unpaired) electrons. The Morgan fingerprint density at radius 3 is 2.62 bits per heavy atom. The predicted octanol–water partition coefficient (Wildman–Crippen LogP) is 3.38. The van der Waals surface area contributed by atoms with Gasteiger partial charge in [-0.2, -0.15) is 18.2 Å². The van der Waals surface area contributed by atoms with Gasteiger partial charge in [-0.25, -0.2) is 4.39 Å². The minimum Gasteiger partial charge on any atom is -0.384 e. The van der Waals surface area contributed by atoms with E-state index >= 15 is 0 Å². The van der Waals surface area contributed by atoms with E-state index in [4.69, 9.17) is 10.5 Å². The third kappa shape index (κ3) is 7.69. The van der Waals surface area contributed by atoms with Crippen molar-refractivity contribution in [3.63, 3.8) is 0 Å². The zero-order valence-corrected chi connectivity index (χ0v) is 17.9. The average Bonchev–Trinajstić information content (AvgIpc) is 3.20. The van der Waals surface area contributed by atoms with Gasteiger partial charge >= 0.3 is 6.18 Å². The molecule has 7 nitrogen and oxygen atoms in total. The summed E-state index contributed by atoms with van der Waals surface area (Å²) in [5.74, 6) is -1.99. The standard InChI is InChI=1S/C23H22F4N4O3/c24-17-4-6-18(7-5-17)30-19(10-20(28)31-22(33)16-9-21(32)29-11-16)15-3-1-2-14(8-15)12-34-13-23(25,26)27/h1-8,10,16,30H,9,11-13H2,(H,29,32)(H2,28,31,33)/b19-10-/t16-/m0/s1. The van der Waals surface area contributed by atoms with Crippen molar-refractivity contribution in [3.8, 4) is 0 Å². The molecule has 0 saturated carbocycles. The first-order valence-electron chi connectivity index (χ1n) is 10.2. The van der Waals surface area contributed by atoms with Gasteiger partial charge in [-0.05, 0) is 41.5 Å². The van der Waals surface area contributed by atoms with Crippen molar-refractivity contribution in [1.29, 1.82) is 0 Å². The minimum absolute atomic E-state index is 0.0278. The number of hydrogen-bond donors (Lipinski definition) is 3. The van der Waals surface area contributed by atoms with Crippen molar-refractivity contribution < 1.29 is 31.9 Å². The Morgan fingerprint density at radius 1 is 1.24 bits per heavy atom. The number of carbonyl (C=O) groups excluding carboxylic acids is 2. The van der Waals surface area contributed by atoms with E-state index in [0.717, 1.165) is 0 Å². The van der Waals surface area contributed by atoms with E-state index in [2.05, 4.69) is 15.6 Å². The Hall–Kier alpha value is -3.73. The predicted molar refractivity (Wildman–Crippen MR) is 118 cm³/mol. The summed E-state index contributed by atoms with van der Waals surface area (Å²) in [5.41, 5.74) is 7.80. The lowest BCUT2D eigenvalue weighted by molar-refractivity contribution is -0.176. The van der Waals surface area contributed by atoms with Crippen LogP contribution in [0, 0.1) is 11.7 Å². The first-order chi connectivity index (χ1) is 16.1. The van der Waals surface area contributed by atoms with Crippen molar-refractivity contribution in [2.24, 2.45) is 16.6 Å². The van der Waals surface area contributed by atoms with Crippen molar-refractivity contribution in [2.45, 2.75) is 19.2 Å². The Morgan fingerprint density at radius 2 is 1.97 bits per heavy atom. The second-order valence-electron chi connectivity index (χ2n) is 7.58. The van der Waals surface area contributed by atoms with Crippen molar-refractivity contribution >= 4 is 29.0 Å². The smallest absolute Gasteiger partial charge is 0.384 e. The number of amides is 2. The van der Waals surface area contributed by atoms with Gasteiger partial charge in [0.2, 0.25) is 5.91 Å². The van der Waals surface area contributed by atoms with Crippen molar-refractivity contribution in [2.75, 3.05) is 18.5 Å². The summed E-state index contributed by atoms with van der Waals surface area (Å²) in [6, 6.07) is 11.9. The molecule has 0 unspecified atom stereocenters. The summed E-state index contributed by atoms with van der Waals surface area (Å²) in [5, 5.41) is 5.60. The zero-order valence-electron chi connectivity index (χ0n) is 17.9. The van der Waals surface area contributed by atoms with Crippen molar-refractivity contribution in [1.82, 2.24) is 5.32 Å². The maximum Gasteiger partial charge on any atom is 0.411 e. The molecule has 1 atom stereocenters. The molecular formula is C23H22F4N4O3. The number of halogens is 4. The lowest BCUT2D eigenvalue weighted by Gasteiger charge is -2.14. The number of amidine groups is 1. The van der Waals surface area contributed by atoms with E-state index in [-0.39, 0.29) is 31.3 Å². The summed E-state index contributed by atoms with van der Waals surface area (Å²) in [7, 11) is 0. The number of ether oxygens (including phenoxy) is 1. The second kappa shape index (κ2) is 10.9. The highest BCUT2D eigenvalue weighted by atomic mass is 19.4. The third-order valence-electron chi connectivity index (χ3n) is 4.75. The fourth-order valence-corrected chi connectivity index (χ4v) is 3.17. The molecule has 1 saturated heterocycles. The highest BCUT2D eigenvalue weighted by Crippen LogP contribution is 2.22. The first kappa shape index (κ1) is 24.9. The number of benzene rings is 2.